The number of piperazine rings is 1. The molecule has 1 aliphatic heterocycles. The van der Waals surface area contributed by atoms with Crippen LogP contribution in [0, 0.1) is 12.7 Å². The van der Waals surface area contributed by atoms with Crippen LogP contribution < -0.4 is 10.1 Å². The van der Waals surface area contributed by atoms with Gasteiger partial charge in [0, 0.05) is 44.6 Å². The average Bonchev–Trinajstić information content (AvgIpc) is 3.37. The summed E-state index contributed by atoms with van der Waals surface area (Å²) in [4.78, 5) is 34.1. The highest BCUT2D eigenvalue weighted by molar-refractivity contribution is 6.02. The molecular formula is C30H29F4N7O3. The summed E-state index contributed by atoms with van der Waals surface area (Å²) in [5.74, 6) is -0.887. The number of carbonyl (C=O) groups is 2. The number of anilines is 1. The number of benzene rings is 2. The highest BCUT2D eigenvalue weighted by Crippen LogP contribution is 2.20. The zero-order chi connectivity index (χ0) is 31.3. The van der Waals surface area contributed by atoms with E-state index in [1.807, 2.05) is 0 Å². The molecule has 1 aliphatic rings. The summed E-state index contributed by atoms with van der Waals surface area (Å²) < 4.78 is 56.5. The number of rotatable bonds is 9. The van der Waals surface area contributed by atoms with Gasteiger partial charge in [0.05, 0.1) is 12.2 Å². The summed E-state index contributed by atoms with van der Waals surface area (Å²) in [5.41, 5.74) is 3.11. The molecule has 3 heterocycles. The first-order valence-corrected chi connectivity index (χ1v) is 13.8. The number of nitrogens with one attached hydrogen (secondary N) is 1. The number of carbonyl (C=O) groups excluding carboxylic acids is 2. The topological polar surface area (TPSA) is 105 Å². The highest BCUT2D eigenvalue weighted by atomic mass is 19.4. The fourth-order valence-electron chi connectivity index (χ4n) is 4.70. The van der Waals surface area contributed by atoms with Gasteiger partial charge in [0.15, 0.2) is 6.61 Å². The minimum absolute atomic E-state index is 0.154. The summed E-state index contributed by atoms with van der Waals surface area (Å²) in [6.07, 6.45) is -2.86. The molecule has 2 amide bonds. The van der Waals surface area contributed by atoms with Crippen LogP contribution in [0.2, 0.25) is 0 Å². The average molecular weight is 612 g/mol. The summed E-state index contributed by atoms with van der Waals surface area (Å²) in [5, 5.41) is 10.9. The lowest BCUT2D eigenvalue weighted by atomic mass is 10.2. The molecule has 2 aromatic heterocycles. The van der Waals surface area contributed by atoms with Gasteiger partial charge in [-0.05, 0) is 60.5 Å². The van der Waals surface area contributed by atoms with Crippen molar-refractivity contribution >= 4 is 17.5 Å². The van der Waals surface area contributed by atoms with Gasteiger partial charge in [-0.15, -0.1) is 5.10 Å². The molecule has 44 heavy (non-hydrogen) atoms. The predicted molar refractivity (Wildman–Crippen MR) is 152 cm³/mol. The Labute approximate surface area is 250 Å². The van der Waals surface area contributed by atoms with Crippen LogP contribution >= 0.6 is 0 Å². The Bertz CT molecular complexity index is 1580. The Morgan fingerprint density at radius 1 is 0.909 bits per heavy atom. The van der Waals surface area contributed by atoms with Crippen molar-refractivity contribution in [1.82, 2.24) is 29.8 Å². The second-order valence-electron chi connectivity index (χ2n) is 10.3. The van der Waals surface area contributed by atoms with Gasteiger partial charge in [0.1, 0.15) is 23.0 Å². The molecule has 0 aliphatic carbocycles. The number of alkyl halides is 3. The molecule has 0 spiro atoms. The molecule has 0 radical (unpaired) electrons. The number of aromatic nitrogens is 4. The molecule has 4 aromatic rings. The number of hydrogen-bond donors (Lipinski definition) is 1. The van der Waals surface area contributed by atoms with Gasteiger partial charge in [-0.2, -0.15) is 13.2 Å². The zero-order valence-corrected chi connectivity index (χ0v) is 23.7. The molecule has 1 N–H and O–H groups in total. The molecule has 230 valence electrons. The van der Waals surface area contributed by atoms with Crippen LogP contribution in [0.25, 0.3) is 0 Å². The third-order valence-electron chi connectivity index (χ3n) is 6.99. The van der Waals surface area contributed by atoms with E-state index in [1.54, 1.807) is 36.1 Å². The number of ether oxygens (including phenoxy) is 1. The Kier molecular flexibility index (Phi) is 9.18. The van der Waals surface area contributed by atoms with Crippen molar-refractivity contribution in [3.05, 3.63) is 101 Å². The van der Waals surface area contributed by atoms with Crippen LogP contribution in [0.4, 0.5) is 23.2 Å². The van der Waals surface area contributed by atoms with Crippen LogP contribution in [-0.4, -0.2) is 80.6 Å². The van der Waals surface area contributed by atoms with Crippen LogP contribution in [0.3, 0.4) is 0 Å². The zero-order valence-electron chi connectivity index (χ0n) is 23.7. The highest BCUT2D eigenvalue weighted by Gasteiger charge is 2.29. The van der Waals surface area contributed by atoms with E-state index in [0.717, 1.165) is 5.56 Å². The van der Waals surface area contributed by atoms with Crippen molar-refractivity contribution in [3.63, 3.8) is 0 Å². The van der Waals surface area contributed by atoms with E-state index in [-0.39, 0.29) is 23.9 Å². The van der Waals surface area contributed by atoms with Crippen molar-refractivity contribution in [2.24, 2.45) is 0 Å². The number of nitrogens with zero attached hydrogens (tertiary/aromatic N) is 6. The third-order valence-corrected chi connectivity index (χ3v) is 6.99. The van der Waals surface area contributed by atoms with Crippen LogP contribution in [0.1, 0.15) is 37.8 Å². The van der Waals surface area contributed by atoms with Gasteiger partial charge in [0.2, 0.25) is 0 Å². The van der Waals surface area contributed by atoms with E-state index in [0.29, 0.717) is 55.4 Å². The summed E-state index contributed by atoms with van der Waals surface area (Å²) in [6, 6.07) is 15.2. The van der Waals surface area contributed by atoms with Gasteiger partial charge >= 0.3 is 6.18 Å². The largest absolute Gasteiger partial charge is 0.484 e. The Balaban J connectivity index is 1.14. The predicted octanol–water partition coefficient (Wildman–Crippen LogP) is 4.32. The maximum Gasteiger partial charge on any atom is 0.422 e. The second kappa shape index (κ2) is 13.2. The van der Waals surface area contributed by atoms with Gasteiger partial charge < -0.3 is 15.0 Å². The monoisotopic (exact) mass is 611 g/mol. The van der Waals surface area contributed by atoms with Crippen molar-refractivity contribution in [2.75, 3.05) is 38.1 Å². The molecule has 0 unspecified atom stereocenters. The van der Waals surface area contributed by atoms with Gasteiger partial charge in [-0.25, -0.2) is 9.07 Å². The maximum atomic E-state index is 13.5. The molecule has 1 fully saturated rings. The Morgan fingerprint density at radius 3 is 2.23 bits per heavy atom. The van der Waals surface area contributed by atoms with Crippen molar-refractivity contribution in [3.8, 4) is 5.75 Å². The summed E-state index contributed by atoms with van der Waals surface area (Å²) >= 11 is 0. The molecule has 10 nitrogen and oxygen atoms in total. The van der Waals surface area contributed by atoms with Gasteiger partial charge in [-0.1, -0.05) is 23.4 Å². The lowest BCUT2D eigenvalue weighted by molar-refractivity contribution is -0.153. The van der Waals surface area contributed by atoms with E-state index < -0.39 is 24.5 Å². The van der Waals surface area contributed by atoms with Crippen LogP contribution in [0.5, 0.6) is 5.75 Å². The molecule has 0 atom stereocenters. The number of halogens is 4. The SMILES string of the molecule is Cc1nnn(Cc2ccc(C(=O)Nc3ccc(F)cc3)nc2)c1C(=O)N1CCN(Cc2ccc(OCC(F)(F)F)cc2)CC1. The van der Waals surface area contributed by atoms with Crippen molar-refractivity contribution < 1.29 is 31.9 Å². The minimum Gasteiger partial charge on any atom is -0.484 e. The van der Waals surface area contributed by atoms with Gasteiger partial charge in [-0.3, -0.25) is 19.5 Å². The molecule has 14 heteroatoms. The van der Waals surface area contributed by atoms with Crippen molar-refractivity contribution in [1.29, 1.82) is 0 Å². The summed E-state index contributed by atoms with van der Waals surface area (Å²) in [6.45, 7) is 3.39. The van der Waals surface area contributed by atoms with Crippen LogP contribution in [0.15, 0.2) is 66.9 Å². The van der Waals surface area contributed by atoms with E-state index in [4.69, 9.17) is 4.74 Å². The molecular weight excluding hydrogens is 582 g/mol. The maximum absolute atomic E-state index is 13.5. The van der Waals surface area contributed by atoms with E-state index in [9.17, 15) is 27.2 Å². The molecule has 1 saturated heterocycles. The molecule has 0 bridgehead atoms. The quantitative estimate of drug-likeness (QED) is 0.281. The molecule has 2 aromatic carbocycles. The first-order valence-electron chi connectivity index (χ1n) is 13.8. The van der Waals surface area contributed by atoms with Gasteiger partial charge in [0.25, 0.3) is 11.8 Å². The molecule has 0 saturated carbocycles. The fourth-order valence-corrected chi connectivity index (χ4v) is 4.70. The summed E-state index contributed by atoms with van der Waals surface area (Å²) in [7, 11) is 0. The number of pyridine rings is 1. The van der Waals surface area contributed by atoms with Crippen LogP contribution in [-0.2, 0) is 13.1 Å². The lowest BCUT2D eigenvalue weighted by Crippen LogP contribution is -2.48. The first-order chi connectivity index (χ1) is 21.0. The number of amides is 2. The van der Waals surface area contributed by atoms with E-state index in [1.165, 1.54) is 47.3 Å². The number of aryl methyl sites for hydroxylation is 1. The van der Waals surface area contributed by atoms with E-state index in [2.05, 4.69) is 25.5 Å². The Morgan fingerprint density at radius 2 is 1.59 bits per heavy atom. The molecule has 5 rings (SSSR count). The minimum atomic E-state index is -4.39. The van der Waals surface area contributed by atoms with E-state index >= 15 is 0 Å². The second-order valence-corrected chi connectivity index (χ2v) is 10.3. The third kappa shape index (κ3) is 7.95. The normalized spacial score (nSPS) is 14.0. The number of hydrogen-bond acceptors (Lipinski definition) is 7. The lowest BCUT2D eigenvalue weighted by Gasteiger charge is -2.34. The standard InChI is InChI=1S/C30H29F4N7O3/c1-20-27(29(43)40-14-12-39(13-15-40)17-21-2-9-25(10-3-21)44-19-30(32,33)34)41(38-37-20)18-22-4-11-26(35-16-22)28(42)36-24-7-5-23(31)6-8-24/h2-11,16H,12-15,17-19H2,1H3,(H,36,42). The smallest absolute Gasteiger partial charge is 0.422 e. The van der Waals surface area contributed by atoms with Crippen molar-refractivity contribution in [2.45, 2.75) is 26.2 Å². The Hall–Kier alpha value is -4.85. The first kappa shape index (κ1) is 30.6. The fraction of sp³-hybridized carbons (Fsp3) is 0.300.